The van der Waals surface area contributed by atoms with Crippen molar-refractivity contribution in [3.05, 3.63) is 62.4 Å². The molecule has 1 heterocycles. The maximum absolute atomic E-state index is 12.7. The standard InChI is InChI=1S/C21H19IN2O6/c1-12-4-3-5-13(6-12)10-24-20(27)16(23-21(24)28)8-14-7-15(22)19(17(9-14)29-2)30-11-18(25)26/h3-9H,10-11H2,1-2H3,(H,23,28)(H,25,26)/b16-8+. The van der Waals surface area contributed by atoms with Crippen LogP contribution in [0.3, 0.4) is 0 Å². The van der Waals surface area contributed by atoms with Crippen molar-refractivity contribution in [2.45, 2.75) is 13.5 Å². The Morgan fingerprint density at radius 3 is 2.70 bits per heavy atom. The smallest absolute Gasteiger partial charge is 0.341 e. The summed E-state index contributed by atoms with van der Waals surface area (Å²) in [4.78, 5) is 37.0. The molecular weight excluding hydrogens is 503 g/mol. The van der Waals surface area contributed by atoms with Crippen molar-refractivity contribution < 1.29 is 29.0 Å². The highest BCUT2D eigenvalue weighted by molar-refractivity contribution is 14.1. The summed E-state index contributed by atoms with van der Waals surface area (Å²) in [6.45, 7) is 1.61. The van der Waals surface area contributed by atoms with Gasteiger partial charge < -0.3 is 19.9 Å². The fourth-order valence-corrected chi connectivity index (χ4v) is 3.75. The van der Waals surface area contributed by atoms with Gasteiger partial charge in [0.15, 0.2) is 18.1 Å². The summed E-state index contributed by atoms with van der Waals surface area (Å²) in [5.74, 6) is -0.914. The molecule has 0 spiro atoms. The summed E-state index contributed by atoms with van der Waals surface area (Å²) < 4.78 is 11.2. The number of hydrogen-bond acceptors (Lipinski definition) is 5. The number of halogens is 1. The molecule has 0 bridgehead atoms. The Kier molecular flexibility index (Phi) is 6.60. The summed E-state index contributed by atoms with van der Waals surface area (Å²) in [6.07, 6.45) is 1.54. The van der Waals surface area contributed by atoms with Gasteiger partial charge in [-0.3, -0.25) is 9.69 Å². The highest BCUT2D eigenvalue weighted by atomic mass is 127. The lowest BCUT2D eigenvalue weighted by Crippen LogP contribution is -2.30. The topological polar surface area (TPSA) is 105 Å². The van der Waals surface area contributed by atoms with Crippen LogP contribution in [-0.4, -0.2) is 41.6 Å². The van der Waals surface area contributed by atoms with Crippen molar-refractivity contribution in [3.63, 3.8) is 0 Å². The molecule has 0 atom stereocenters. The number of hydrogen-bond donors (Lipinski definition) is 2. The molecule has 1 aliphatic heterocycles. The molecule has 0 saturated carbocycles. The quantitative estimate of drug-likeness (QED) is 0.329. The zero-order chi connectivity index (χ0) is 21.8. The van der Waals surface area contributed by atoms with Gasteiger partial charge in [-0.25, -0.2) is 9.59 Å². The molecular formula is C21H19IN2O6. The Bertz CT molecular complexity index is 1050. The molecule has 2 aromatic rings. The number of ether oxygens (including phenoxy) is 2. The number of carbonyl (C=O) groups is 3. The average molecular weight is 522 g/mol. The van der Waals surface area contributed by atoms with Gasteiger partial charge in [0, 0.05) is 0 Å². The minimum absolute atomic E-state index is 0.143. The van der Waals surface area contributed by atoms with Gasteiger partial charge in [0.05, 0.1) is 17.2 Å². The largest absolute Gasteiger partial charge is 0.493 e. The van der Waals surface area contributed by atoms with Crippen LogP contribution in [0.5, 0.6) is 11.5 Å². The molecule has 1 aliphatic rings. The normalized spacial score (nSPS) is 14.8. The van der Waals surface area contributed by atoms with Crippen LogP contribution < -0.4 is 14.8 Å². The Hall–Kier alpha value is -3.08. The third kappa shape index (κ3) is 4.90. The lowest BCUT2D eigenvalue weighted by molar-refractivity contribution is -0.139. The van der Waals surface area contributed by atoms with Crippen LogP contribution in [-0.2, 0) is 16.1 Å². The van der Waals surface area contributed by atoms with Crippen molar-refractivity contribution in [1.82, 2.24) is 10.2 Å². The number of rotatable bonds is 7. The highest BCUT2D eigenvalue weighted by Gasteiger charge is 2.33. The zero-order valence-corrected chi connectivity index (χ0v) is 18.4. The molecule has 0 radical (unpaired) electrons. The molecule has 0 aliphatic carbocycles. The van der Waals surface area contributed by atoms with E-state index in [1.54, 1.807) is 18.2 Å². The van der Waals surface area contributed by atoms with E-state index in [0.717, 1.165) is 16.0 Å². The van der Waals surface area contributed by atoms with E-state index in [2.05, 4.69) is 5.32 Å². The van der Waals surface area contributed by atoms with E-state index in [0.29, 0.717) is 20.6 Å². The fraction of sp³-hybridized carbons (Fsp3) is 0.190. The summed E-state index contributed by atoms with van der Waals surface area (Å²) in [7, 11) is 1.43. The van der Waals surface area contributed by atoms with Gasteiger partial charge in [0.2, 0.25) is 0 Å². The number of benzene rings is 2. The van der Waals surface area contributed by atoms with E-state index in [1.807, 2.05) is 53.8 Å². The van der Waals surface area contributed by atoms with Crippen LogP contribution in [0.15, 0.2) is 42.1 Å². The summed E-state index contributed by atoms with van der Waals surface area (Å²) >= 11 is 1.99. The molecule has 0 unspecified atom stereocenters. The number of nitrogens with zero attached hydrogens (tertiary/aromatic N) is 1. The van der Waals surface area contributed by atoms with E-state index < -0.39 is 24.5 Å². The first-order chi connectivity index (χ1) is 14.3. The van der Waals surface area contributed by atoms with E-state index in [1.165, 1.54) is 7.11 Å². The van der Waals surface area contributed by atoms with Gasteiger partial charge in [0.1, 0.15) is 5.70 Å². The van der Waals surface area contributed by atoms with Gasteiger partial charge in [-0.15, -0.1) is 0 Å². The number of urea groups is 1. The maximum atomic E-state index is 12.7. The molecule has 8 nitrogen and oxygen atoms in total. The first-order valence-corrected chi connectivity index (χ1v) is 9.98. The number of methoxy groups -OCH3 is 1. The first kappa shape index (κ1) is 21.6. The van der Waals surface area contributed by atoms with Crippen LogP contribution >= 0.6 is 22.6 Å². The Morgan fingerprint density at radius 1 is 1.27 bits per heavy atom. The minimum atomic E-state index is -1.10. The van der Waals surface area contributed by atoms with E-state index >= 15 is 0 Å². The molecule has 156 valence electrons. The van der Waals surface area contributed by atoms with E-state index in [4.69, 9.17) is 14.6 Å². The van der Waals surface area contributed by atoms with Crippen molar-refractivity contribution in [2.24, 2.45) is 0 Å². The Morgan fingerprint density at radius 2 is 2.03 bits per heavy atom. The first-order valence-electron chi connectivity index (χ1n) is 8.90. The monoisotopic (exact) mass is 522 g/mol. The lowest BCUT2D eigenvalue weighted by atomic mass is 10.1. The van der Waals surface area contributed by atoms with E-state index in [9.17, 15) is 14.4 Å². The predicted molar refractivity (Wildman–Crippen MR) is 117 cm³/mol. The second-order valence-electron chi connectivity index (χ2n) is 6.59. The number of aryl methyl sites for hydroxylation is 1. The molecule has 3 rings (SSSR count). The van der Waals surface area contributed by atoms with Crippen molar-refractivity contribution in [3.8, 4) is 11.5 Å². The lowest BCUT2D eigenvalue weighted by Gasteiger charge is -2.13. The van der Waals surface area contributed by atoms with Crippen LogP contribution in [0, 0.1) is 10.5 Å². The number of aliphatic carboxylic acids is 1. The summed E-state index contributed by atoms with van der Waals surface area (Å²) in [6, 6.07) is 10.4. The average Bonchev–Trinajstić information content (AvgIpc) is 2.94. The molecule has 2 N–H and O–H groups in total. The van der Waals surface area contributed by atoms with Gasteiger partial charge >= 0.3 is 12.0 Å². The zero-order valence-electron chi connectivity index (χ0n) is 16.3. The van der Waals surface area contributed by atoms with Gasteiger partial charge in [-0.05, 0) is 58.9 Å². The minimum Gasteiger partial charge on any atom is -0.493 e. The maximum Gasteiger partial charge on any atom is 0.341 e. The molecule has 1 saturated heterocycles. The van der Waals surface area contributed by atoms with Gasteiger partial charge in [0.25, 0.3) is 5.91 Å². The van der Waals surface area contributed by atoms with Crippen LogP contribution in [0.25, 0.3) is 6.08 Å². The fourth-order valence-electron chi connectivity index (χ4n) is 2.97. The molecule has 0 aromatic heterocycles. The number of carboxylic acids is 1. The van der Waals surface area contributed by atoms with Crippen molar-refractivity contribution in [1.29, 1.82) is 0 Å². The molecule has 1 fully saturated rings. The molecule has 3 amide bonds. The number of nitrogens with one attached hydrogen (secondary N) is 1. The third-order valence-corrected chi connectivity index (χ3v) is 5.09. The number of carbonyl (C=O) groups excluding carboxylic acids is 2. The second-order valence-corrected chi connectivity index (χ2v) is 7.75. The molecule has 30 heavy (non-hydrogen) atoms. The second kappa shape index (κ2) is 9.16. The van der Waals surface area contributed by atoms with Crippen LogP contribution in [0.4, 0.5) is 4.79 Å². The van der Waals surface area contributed by atoms with Crippen molar-refractivity contribution in [2.75, 3.05) is 13.7 Å². The number of imide groups is 1. The Balaban J connectivity index is 1.84. The third-order valence-electron chi connectivity index (χ3n) is 4.29. The van der Waals surface area contributed by atoms with Gasteiger partial charge in [-0.1, -0.05) is 29.8 Å². The van der Waals surface area contributed by atoms with Crippen molar-refractivity contribution >= 4 is 46.6 Å². The SMILES string of the molecule is COc1cc(/C=C2/NC(=O)N(Cc3cccc(C)c3)C2=O)cc(I)c1OCC(=O)O. The van der Waals surface area contributed by atoms with Crippen LogP contribution in [0.1, 0.15) is 16.7 Å². The van der Waals surface area contributed by atoms with E-state index in [-0.39, 0.29) is 12.2 Å². The Labute approximate surface area is 186 Å². The molecule has 2 aromatic carbocycles. The van der Waals surface area contributed by atoms with Crippen LogP contribution in [0.2, 0.25) is 0 Å². The molecule has 9 heteroatoms. The predicted octanol–water partition coefficient (Wildman–Crippen LogP) is 3.16. The highest BCUT2D eigenvalue weighted by Crippen LogP contribution is 2.34. The van der Waals surface area contributed by atoms with Gasteiger partial charge in [-0.2, -0.15) is 0 Å². The summed E-state index contributed by atoms with van der Waals surface area (Å²) in [5.41, 5.74) is 2.64. The summed E-state index contributed by atoms with van der Waals surface area (Å²) in [5, 5.41) is 11.4. The number of carboxylic acid groups (broad SMARTS) is 1. The number of amides is 3.